The van der Waals surface area contributed by atoms with Gasteiger partial charge in [-0.2, -0.15) is 8.42 Å². The highest BCUT2D eigenvalue weighted by atomic mass is 79.9. The zero-order valence-corrected chi connectivity index (χ0v) is 8.79. The molecule has 0 bridgehead atoms. The van der Waals surface area contributed by atoms with E-state index in [0.29, 0.717) is 4.47 Å². The van der Waals surface area contributed by atoms with Crippen LogP contribution in [0.15, 0.2) is 20.1 Å². The van der Waals surface area contributed by atoms with Crippen molar-refractivity contribution in [1.29, 1.82) is 0 Å². The molecule has 0 unspecified atom stereocenters. The average Bonchev–Trinajstić information content (AvgIpc) is 2.36. The minimum atomic E-state index is -3.51. The SMILES string of the molecule is COS(=O)(=O)c1sccc1Br. The monoisotopic (exact) mass is 256 g/mol. The van der Waals surface area contributed by atoms with Crippen molar-refractivity contribution in [1.82, 2.24) is 0 Å². The summed E-state index contributed by atoms with van der Waals surface area (Å²) < 4.78 is 27.2. The fourth-order valence-corrected chi connectivity index (χ4v) is 3.52. The molecular formula is C5H5BrO3S2. The van der Waals surface area contributed by atoms with Crippen molar-refractivity contribution >= 4 is 37.4 Å². The van der Waals surface area contributed by atoms with E-state index in [1.807, 2.05) is 0 Å². The van der Waals surface area contributed by atoms with Crippen molar-refractivity contribution in [3.63, 3.8) is 0 Å². The van der Waals surface area contributed by atoms with Gasteiger partial charge in [0.25, 0.3) is 0 Å². The van der Waals surface area contributed by atoms with Gasteiger partial charge in [0.15, 0.2) is 4.21 Å². The maximum Gasteiger partial charge on any atom is 0.307 e. The maximum absolute atomic E-state index is 11.0. The summed E-state index contributed by atoms with van der Waals surface area (Å²) in [4.78, 5) is 0. The molecule has 0 fully saturated rings. The van der Waals surface area contributed by atoms with Crippen LogP contribution in [0.3, 0.4) is 0 Å². The highest BCUT2D eigenvalue weighted by Gasteiger charge is 2.17. The molecule has 6 heteroatoms. The zero-order chi connectivity index (χ0) is 8.48. The Hall–Kier alpha value is 0.0900. The molecule has 0 N–H and O–H groups in total. The van der Waals surface area contributed by atoms with Crippen LogP contribution in [-0.2, 0) is 14.3 Å². The van der Waals surface area contributed by atoms with E-state index in [1.165, 1.54) is 0 Å². The van der Waals surface area contributed by atoms with Gasteiger partial charge in [0.1, 0.15) is 0 Å². The van der Waals surface area contributed by atoms with E-state index in [4.69, 9.17) is 0 Å². The van der Waals surface area contributed by atoms with Gasteiger partial charge < -0.3 is 0 Å². The lowest BCUT2D eigenvalue weighted by Gasteiger charge is -1.96. The Morgan fingerprint density at radius 3 is 2.64 bits per heavy atom. The van der Waals surface area contributed by atoms with Crippen LogP contribution < -0.4 is 0 Å². The summed E-state index contributed by atoms with van der Waals surface area (Å²) in [5.41, 5.74) is 0. The lowest BCUT2D eigenvalue weighted by molar-refractivity contribution is 0.399. The molecule has 1 rings (SSSR count). The van der Waals surface area contributed by atoms with E-state index in [0.717, 1.165) is 18.4 Å². The topological polar surface area (TPSA) is 43.4 Å². The summed E-state index contributed by atoms with van der Waals surface area (Å²) in [6.45, 7) is 0. The second kappa shape index (κ2) is 3.22. The Balaban J connectivity index is 3.22. The van der Waals surface area contributed by atoms with E-state index in [1.54, 1.807) is 11.4 Å². The molecule has 1 aromatic heterocycles. The van der Waals surface area contributed by atoms with Gasteiger partial charge in [-0.3, -0.25) is 4.18 Å². The molecule has 0 aromatic carbocycles. The molecule has 0 aliphatic rings. The van der Waals surface area contributed by atoms with Crippen LogP contribution in [0.4, 0.5) is 0 Å². The average molecular weight is 257 g/mol. The van der Waals surface area contributed by atoms with Crippen LogP contribution in [0.2, 0.25) is 0 Å². The van der Waals surface area contributed by atoms with Gasteiger partial charge in [-0.05, 0) is 27.4 Å². The first-order valence-electron chi connectivity index (χ1n) is 2.61. The number of thiophene rings is 1. The van der Waals surface area contributed by atoms with Crippen molar-refractivity contribution in [2.45, 2.75) is 4.21 Å². The predicted octanol–water partition coefficient (Wildman–Crippen LogP) is 1.85. The molecule has 0 spiro atoms. The summed E-state index contributed by atoms with van der Waals surface area (Å²) in [7, 11) is -2.37. The molecule has 0 amide bonds. The van der Waals surface area contributed by atoms with Crippen molar-refractivity contribution in [3.05, 3.63) is 15.9 Å². The van der Waals surface area contributed by atoms with Crippen molar-refractivity contribution in [2.75, 3.05) is 7.11 Å². The molecule has 62 valence electrons. The van der Waals surface area contributed by atoms with Crippen LogP contribution in [0.25, 0.3) is 0 Å². The minimum absolute atomic E-state index is 0.208. The largest absolute Gasteiger partial charge is 0.307 e. The Labute approximate surface area is 77.3 Å². The third-order valence-electron chi connectivity index (χ3n) is 1.03. The highest BCUT2D eigenvalue weighted by molar-refractivity contribution is 9.10. The van der Waals surface area contributed by atoms with Crippen LogP contribution in [0.5, 0.6) is 0 Å². The molecule has 0 saturated heterocycles. The molecule has 1 heterocycles. The molecule has 11 heavy (non-hydrogen) atoms. The maximum atomic E-state index is 11.0. The summed E-state index contributed by atoms with van der Waals surface area (Å²) in [6, 6.07) is 1.66. The lowest BCUT2D eigenvalue weighted by Crippen LogP contribution is -2.00. The van der Waals surface area contributed by atoms with Gasteiger partial charge >= 0.3 is 10.1 Å². The minimum Gasteiger partial charge on any atom is -0.269 e. The van der Waals surface area contributed by atoms with E-state index in [2.05, 4.69) is 20.1 Å². The van der Waals surface area contributed by atoms with Crippen molar-refractivity contribution < 1.29 is 12.6 Å². The van der Waals surface area contributed by atoms with Crippen LogP contribution in [0, 0.1) is 0 Å². The van der Waals surface area contributed by atoms with Gasteiger partial charge in [-0.15, -0.1) is 11.3 Å². The fourth-order valence-electron chi connectivity index (χ4n) is 0.534. The summed E-state index contributed by atoms with van der Waals surface area (Å²) >= 11 is 4.22. The normalized spacial score (nSPS) is 11.8. The van der Waals surface area contributed by atoms with E-state index >= 15 is 0 Å². The number of hydrogen-bond acceptors (Lipinski definition) is 4. The standard InChI is InChI=1S/C5H5BrO3S2/c1-9-11(7,8)5-4(6)2-3-10-5/h2-3H,1H3. The lowest BCUT2D eigenvalue weighted by atomic mass is 10.7. The summed E-state index contributed by atoms with van der Waals surface area (Å²) in [5.74, 6) is 0. The molecule has 3 nitrogen and oxygen atoms in total. The van der Waals surface area contributed by atoms with Crippen LogP contribution in [-0.4, -0.2) is 15.5 Å². The summed E-state index contributed by atoms with van der Waals surface area (Å²) in [6.07, 6.45) is 0. The third-order valence-corrected chi connectivity index (χ3v) is 4.94. The second-order valence-corrected chi connectivity index (χ2v) is 5.36. The Morgan fingerprint density at radius 1 is 1.64 bits per heavy atom. The van der Waals surface area contributed by atoms with E-state index in [9.17, 15) is 8.42 Å². The van der Waals surface area contributed by atoms with Gasteiger partial charge in [0, 0.05) is 4.47 Å². The number of rotatable bonds is 2. The van der Waals surface area contributed by atoms with Gasteiger partial charge in [0.2, 0.25) is 0 Å². The molecule has 0 aliphatic carbocycles. The van der Waals surface area contributed by atoms with Gasteiger partial charge in [-0.1, -0.05) is 0 Å². The summed E-state index contributed by atoms with van der Waals surface area (Å²) in [5, 5.41) is 1.68. The first-order chi connectivity index (χ1) is 5.08. The number of halogens is 1. The highest BCUT2D eigenvalue weighted by Crippen LogP contribution is 2.28. The van der Waals surface area contributed by atoms with Gasteiger partial charge in [-0.25, -0.2) is 0 Å². The van der Waals surface area contributed by atoms with Crippen molar-refractivity contribution in [3.8, 4) is 0 Å². The van der Waals surface area contributed by atoms with Crippen LogP contribution >= 0.6 is 27.3 Å². The van der Waals surface area contributed by atoms with E-state index < -0.39 is 10.1 Å². The zero-order valence-electron chi connectivity index (χ0n) is 5.57. The molecule has 1 aromatic rings. The molecule has 0 saturated carbocycles. The second-order valence-electron chi connectivity index (χ2n) is 1.68. The first-order valence-corrected chi connectivity index (χ1v) is 5.69. The number of hydrogen-bond donors (Lipinski definition) is 0. The Morgan fingerprint density at radius 2 is 2.27 bits per heavy atom. The molecule has 0 atom stereocenters. The Kier molecular flexibility index (Phi) is 2.69. The molecular weight excluding hydrogens is 252 g/mol. The van der Waals surface area contributed by atoms with Crippen molar-refractivity contribution in [2.24, 2.45) is 0 Å². The van der Waals surface area contributed by atoms with Gasteiger partial charge in [0.05, 0.1) is 7.11 Å². The Bertz CT molecular complexity index is 340. The third kappa shape index (κ3) is 1.81. The molecule has 0 radical (unpaired) electrons. The quantitative estimate of drug-likeness (QED) is 0.759. The predicted molar refractivity (Wildman–Crippen MR) is 46.2 cm³/mol. The smallest absolute Gasteiger partial charge is 0.269 e. The van der Waals surface area contributed by atoms with E-state index in [-0.39, 0.29) is 4.21 Å². The molecule has 0 aliphatic heterocycles. The fraction of sp³-hybridized carbons (Fsp3) is 0.200. The first kappa shape index (κ1) is 9.18. The van der Waals surface area contributed by atoms with Crippen LogP contribution in [0.1, 0.15) is 0 Å².